The van der Waals surface area contributed by atoms with Gasteiger partial charge in [0, 0.05) is 34.1 Å². The van der Waals surface area contributed by atoms with Crippen LogP contribution < -0.4 is 0 Å². The molecule has 0 aliphatic rings. The third kappa shape index (κ3) is 2.29. The molecule has 60 valence electrons. The highest BCUT2D eigenvalue weighted by molar-refractivity contribution is 9.10. The van der Waals surface area contributed by atoms with Gasteiger partial charge in [0.2, 0.25) is 0 Å². The molecule has 0 aliphatic carbocycles. The molecule has 0 bridgehead atoms. The normalized spacial score (nSPS) is 27.2. The maximum absolute atomic E-state index is 7.51. The Balaban J connectivity index is 3.82. The average Bonchev–Trinajstić information content (AvgIpc) is 2.10. The van der Waals surface area contributed by atoms with Crippen molar-refractivity contribution in [1.29, 1.82) is 0 Å². The summed E-state index contributed by atoms with van der Waals surface area (Å²) in [7, 11) is 0. The first-order valence-corrected chi connectivity index (χ1v) is 3.66. The lowest BCUT2D eigenvalue weighted by Gasteiger charge is -2.17. The van der Waals surface area contributed by atoms with E-state index in [-0.39, 0.29) is 0 Å². The molecule has 0 radical (unpaired) electrons. The maximum atomic E-state index is 7.51. The first kappa shape index (κ1) is 2.56. The zero-order valence-electron chi connectivity index (χ0n) is 14.6. The number of halogens is 1. The van der Waals surface area contributed by atoms with Gasteiger partial charge in [-0.05, 0) is 12.1 Å². The molecule has 1 nitrogen and oxygen atoms in total. The van der Waals surface area contributed by atoms with Gasteiger partial charge in [-0.3, -0.25) is 4.98 Å². The molecule has 0 aliphatic heterocycles. The van der Waals surface area contributed by atoms with Crippen LogP contribution in [0.3, 0.4) is 0 Å². The fourth-order valence-corrected chi connectivity index (χ4v) is 0.945. The van der Waals surface area contributed by atoms with Crippen LogP contribution in [-0.4, -0.2) is 4.98 Å². The van der Waals surface area contributed by atoms with E-state index in [0.29, 0.717) is 4.47 Å². The lowest BCUT2D eigenvalue weighted by Crippen LogP contribution is -2.12. The Morgan fingerprint density at radius 2 is 2.27 bits per heavy atom. The highest BCUT2D eigenvalue weighted by Gasteiger charge is 2.14. The van der Waals surface area contributed by atoms with Gasteiger partial charge in [-0.15, -0.1) is 0 Å². The Hall–Kier alpha value is -0.370. The third-order valence-electron chi connectivity index (χ3n) is 1.11. The Bertz CT molecular complexity index is 451. The average molecular weight is 223 g/mol. The van der Waals surface area contributed by atoms with Crippen molar-refractivity contribution in [3.05, 3.63) is 28.5 Å². The molecule has 0 saturated carbocycles. The minimum Gasteiger partial charge on any atom is -0.261 e. The van der Waals surface area contributed by atoms with Crippen LogP contribution in [0.2, 0.25) is 0 Å². The second-order valence-electron chi connectivity index (χ2n) is 2.11. The molecule has 1 rings (SSSR count). The zero-order valence-corrected chi connectivity index (χ0v) is 7.14. The Morgan fingerprint density at radius 3 is 2.82 bits per heavy atom. The second kappa shape index (κ2) is 2.94. The van der Waals surface area contributed by atoms with Gasteiger partial charge in [-0.2, -0.15) is 0 Å². The SMILES string of the molecule is [2H]C([2H])([2H])C(c1cc(Br)ccn1)(C([2H])([2H])[2H])C([2H])([2H])[2H]. The van der Waals surface area contributed by atoms with Crippen LogP contribution >= 0.6 is 15.9 Å². The summed E-state index contributed by atoms with van der Waals surface area (Å²) in [5.74, 6) is 0. The lowest BCUT2D eigenvalue weighted by atomic mass is 9.92. The van der Waals surface area contributed by atoms with E-state index in [4.69, 9.17) is 12.3 Å². The highest BCUT2D eigenvalue weighted by Crippen LogP contribution is 2.22. The summed E-state index contributed by atoms with van der Waals surface area (Å²) in [5.41, 5.74) is -3.55. The summed E-state index contributed by atoms with van der Waals surface area (Å²) in [4.78, 5) is 3.70. The van der Waals surface area contributed by atoms with Crippen molar-refractivity contribution in [2.45, 2.75) is 26.0 Å². The van der Waals surface area contributed by atoms with E-state index < -0.39 is 31.7 Å². The van der Waals surface area contributed by atoms with E-state index in [1.807, 2.05) is 0 Å². The van der Waals surface area contributed by atoms with Crippen molar-refractivity contribution in [3.63, 3.8) is 0 Å². The van der Waals surface area contributed by atoms with Gasteiger partial charge in [-0.1, -0.05) is 36.5 Å². The van der Waals surface area contributed by atoms with E-state index in [0.717, 1.165) is 12.3 Å². The van der Waals surface area contributed by atoms with Crippen molar-refractivity contribution in [2.24, 2.45) is 0 Å². The Labute approximate surface area is 88.6 Å². The van der Waals surface area contributed by atoms with Gasteiger partial charge in [0.15, 0.2) is 0 Å². The predicted octanol–water partition coefficient (Wildman–Crippen LogP) is 3.14. The topological polar surface area (TPSA) is 12.9 Å². The standard InChI is InChI=1S/C9H12BrN/c1-9(2,3)8-6-7(10)4-5-11-8/h4-6H,1-3H3/i1D3,2D3,3D3. The van der Waals surface area contributed by atoms with E-state index in [9.17, 15) is 0 Å². The van der Waals surface area contributed by atoms with E-state index in [1.54, 1.807) is 0 Å². The molecule has 0 N–H and O–H groups in total. The number of aromatic nitrogens is 1. The van der Waals surface area contributed by atoms with E-state index in [2.05, 4.69) is 20.9 Å². The summed E-state index contributed by atoms with van der Waals surface area (Å²) in [6, 6.07) is 2.57. The van der Waals surface area contributed by atoms with E-state index in [1.165, 1.54) is 6.07 Å². The van der Waals surface area contributed by atoms with Crippen molar-refractivity contribution < 1.29 is 12.3 Å². The Kier molecular flexibility index (Phi) is 0.683. The van der Waals surface area contributed by atoms with E-state index >= 15 is 0 Å². The summed E-state index contributed by atoms with van der Waals surface area (Å²) >= 11 is 3.06. The van der Waals surface area contributed by atoms with Gasteiger partial charge in [0.1, 0.15) is 0 Å². The van der Waals surface area contributed by atoms with Crippen LogP contribution in [0, 0.1) is 0 Å². The van der Waals surface area contributed by atoms with Crippen molar-refractivity contribution in [3.8, 4) is 0 Å². The molecule has 0 atom stereocenters. The summed E-state index contributed by atoms with van der Waals surface area (Å²) in [6.45, 7) is -9.84. The molecule has 1 aromatic rings. The van der Waals surface area contributed by atoms with Gasteiger partial charge < -0.3 is 0 Å². The number of pyridine rings is 1. The quantitative estimate of drug-likeness (QED) is 0.658. The summed E-state index contributed by atoms with van der Waals surface area (Å²) in [5, 5.41) is 0. The smallest absolute Gasteiger partial charge is 0.0468 e. The van der Waals surface area contributed by atoms with Crippen LogP contribution in [0.1, 0.15) is 38.6 Å². The third-order valence-corrected chi connectivity index (χ3v) is 1.60. The highest BCUT2D eigenvalue weighted by atomic mass is 79.9. The summed E-state index contributed by atoms with van der Waals surface area (Å²) in [6.07, 6.45) is 1.16. The summed E-state index contributed by atoms with van der Waals surface area (Å²) < 4.78 is 68.0. The van der Waals surface area contributed by atoms with Crippen LogP contribution in [0.15, 0.2) is 22.8 Å². The monoisotopic (exact) mass is 222 g/mol. The van der Waals surface area contributed by atoms with Crippen molar-refractivity contribution in [2.75, 3.05) is 0 Å². The molecule has 0 fully saturated rings. The van der Waals surface area contributed by atoms with Crippen molar-refractivity contribution >= 4 is 15.9 Å². The molecule has 0 amide bonds. The molecule has 0 aromatic carbocycles. The largest absolute Gasteiger partial charge is 0.261 e. The molecule has 0 saturated heterocycles. The zero-order chi connectivity index (χ0) is 16.0. The predicted molar refractivity (Wildman–Crippen MR) is 50.6 cm³/mol. The van der Waals surface area contributed by atoms with Crippen LogP contribution in [0.5, 0.6) is 0 Å². The minimum atomic E-state index is -3.28. The van der Waals surface area contributed by atoms with Crippen LogP contribution in [-0.2, 0) is 5.41 Å². The van der Waals surface area contributed by atoms with Crippen molar-refractivity contribution in [1.82, 2.24) is 4.98 Å². The van der Waals surface area contributed by atoms with Gasteiger partial charge >= 0.3 is 0 Å². The molecule has 11 heavy (non-hydrogen) atoms. The first-order chi connectivity index (χ1) is 8.75. The fraction of sp³-hybridized carbons (Fsp3) is 0.444. The molecular formula is C9H12BrN. The lowest BCUT2D eigenvalue weighted by molar-refractivity contribution is 0.568. The van der Waals surface area contributed by atoms with Gasteiger partial charge in [0.25, 0.3) is 0 Å². The molecule has 1 aromatic heterocycles. The maximum Gasteiger partial charge on any atom is 0.0468 e. The second-order valence-corrected chi connectivity index (χ2v) is 3.02. The number of rotatable bonds is 0. The number of hydrogen-bond acceptors (Lipinski definition) is 1. The van der Waals surface area contributed by atoms with Crippen LogP contribution in [0.4, 0.5) is 0 Å². The molecule has 0 spiro atoms. The van der Waals surface area contributed by atoms with Gasteiger partial charge in [-0.25, -0.2) is 0 Å². The van der Waals surface area contributed by atoms with Crippen LogP contribution in [0.25, 0.3) is 0 Å². The molecule has 2 heteroatoms. The van der Waals surface area contributed by atoms with Gasteiger partial charge in [0.05, 0.1) is 0 Å². The molecule has 1 heterocycles. The Morgan fingerprint density at radius 1 is 1.55 bits per heavy atom. The minimum absolute atomic E-state index is 0.352. The number of nitrogens with zero attached hydrogens (tertiary/aromatic N) is 1. The molecular weight excluding hydrogens is 202 g/mol. The fourth-order valence-electron chi connectivity index (χ4n) is 0.610. The molecule has 0 unspecified atom stereocenters. The number of hydrogen-bond donors (Lipinski definition) is 0. The first-order valence-electron chi connectivity index (χ1n) is 7.37.